The monoisotopic (exact) mass is 419 g/mol. The third-order valence-corrected chi connectivity index (χ3v) is 5.56. The molecule has 1 saturated heterocycles. The first kappa shape index (κ1) is 21.3. The number of hydrogen-bond donors (Lipinski definition) is 1. The summed E-state index contributed by atoms with van der Waals surface area (Å²) in [6, 6.07) is 18.3. The smallest absolute Gasteiger partial charge is 0.226 e. The molecule has 2 aromatic carbocycles. The second-order valence-corrected chi connectivity index (χ2v) is 7.81. The van der Waals surface area contributed by atoms with Gasteiger partial charge < -0.3 is 14.8 Å². The van der Waals surface area contributed by atoms with E-state index in [9.17, 15) is 4.79 Å². The van der Waals surface area contributed by atoms with E-state index in [1.165, 1.54) is 5.56 Å². The van der Waals surface area contributed by atoms with Gasteiger partial charge in [0.1, 0.15) is 0 Å². The van der Waals surface area contributed by atoms with E-state index in [0.29, 0.717) is 39.3 Å². The first-order valence-corrected chi connectivity index (χ1v) is 10.8. The molecule has 0 aliphatic carbocycles. The van der Waals surface area contributed by atoms with Crippen LogP contribution < -0.4 is 5.32 Å². The van der Waals surface area contributed by atoms with Crippen LogP contribution in [-0.4, -0.2) is 28.9 Å². The maximum atomic E-state index is 12.9. The number of benzene rings is 2. The van der Waals surface area contributed by atoms with Gasteiger partial charge in [0.05, 0.1) is 31.4 Å². The molecule has 162 valence electrons. The topological polar surface area (TPSA) is 65.4 Å². The van der Waals surface area contributed by atoms with Gasteiger partial charge in [-0.05, 0) is 30.0 Å². The van der Waals surface area contributed by atoms with Crippen LogP contribution in [0.4, 0.5) is 0 Å². The van der Waals surface area contributed by atoms with Crippen molar-refractivity contribution < 1.29 is 14.3 Å². The Morgan fingerprint density at radius 3 is 2.68 bits per heavy atom. The highest BCUT2D eigenvalue weighted by Crippen LogP contribution is 2.34. The summed E-state index contributed by atoms with van der Waals surface area (Å²) in [6.45, 7) is 5.08. The van der Waals surface area contributed by atoms with Gasteiger partial charge in [0.2, 0.25) is 5.91 Å². The molecule has 1 fully saturated rings. The largest absolute Gasteiger partial charge is 0.377 e. The number of hydrogen-bond acceptors (Lipinski definition) is 4. The summed E-state index contributed by atoms with van der Waals surface area (Å²) in [5.74, 6) is -0.177. The van der Waals surface area contributed by atoms with Crippen molar-refractivity contribution in [3.8, 4) is 0 Å². The molecule has 0 unspecified atom stereocenters. The van der Waals surface area contributed by atoms with Crippen LogP contribution in [0.2, 0.25) is 0 Å². The summed E-state index contributed by atoms with van der Waals surface area (Å²) in [5.41, 5.74) is 4.34. The zero-order valence-electron chi connectivity index (χ0n) is 17.9. The summed E-state index contributed by atoms with van der Waals surface area (Å²) >= 11 is 0. The average Bonchev–Trinajstić information content (AvgIpc) is 3.47. The summed E-state index contributed by atoms with van der Waals surface area (Å²) < 4.78 is 13.2. The van der Waals surface area contributed by atoms with Gasteiger partial charge in [-0.1, -0.05) is 54.6 Å². The lowest BCUT2D eigenvalue weighted by molar-refractivity contribution is -0.126. The quantitative estimate of drug-likeness (QED) is 0.572. The lowest BCUT2D eigenvalue weighted by Crippen LogP contribution is -2.31. The summed E-state index contributed by atoms with van der Waals surface area (Å²) in [4.78, 5) is 12.9. The Kier molecular flexibility index (Phi) is 7.12. The van der Waals surface area contributed by atoms with Crippen molar-refractivity contribution in [1.29, 1.82) is 0 Å². The molecule has 1 aliphatic rings. The maximum absolute atomic E-state index is 12.9. The Morgan fingerprint density at radius 2 is 1.90 bits per heavy atom. The fourth-order valence-electron chi connectivity index (χ4n) is 3.86. The number of carbonyl (C=O) groups is 1. The number of nitrogens with one attached hydrogen (secondary N) is 1. The highest BCUT2D eigenvalue weighted by atomic mass is 16.5. The van der Waals surface area contributed by atoms with Crippen LogP contribution in [0.25, 0.3) is 0 Å². The molecule has 2 heterocycles. The van der Waals surface area contributed by atoms with Crippen LogP contribution >= 0.6 is 0 Å². The molecule has 1 aromatic heterocycles. The van der Waals surface area contributed by atoms with Crippen LogP contribution in [0.5, 0.6) is 0 Å². The van der Waals surface area contributed by atoms with E-state index in [1.54, 1.807) is 0 Å². The van der Waals surface area contributed by atoms with Crippen LogP contribution in [0, 0.1) is 5.92 Å². The number of aromatic nitrogens is 2. The van der Waals surface area contributed by atoms with Crippen molar-refractivity contribution in [2.75, 3.05) is 13.2 Å². The normalized spacial score (nSPS) is 18.2. The van der Waals surface area contributed by atoms with Gasteiger partial charge >= 0.3 is 0 Å². The molecule has 1 amide bonds. The first-order valence-electron chi connectivity index (χ1n) is 10.8. The highest BCUT2D eigenvalue weighted by molar-refractivity contribution is 5.79. The molecule has 31 heavy (non-hydrogen) atoms. The number of ether oxygens (including phenoxy) is 2. The number of carbonyl (C=O) groups excluding carboxylic acids is 1. The van der Waals surface area contributed by atoms with Gasteiger partial charge in [-0.25, -0.2) is 0 Å². The van der Waals surface area contributed by atoms with Crippen molar-refractivity contribution in [3.63, 3.8) is 0 Å². The molecule has 3 aromatic rings. The molecule has 0 spiro atoms. The SMILES string of the molecule is CCOCc1ccc(CNC(=O)[C@H]2CCO[C@@H]2c2cnn(Cc3ccccc3)c2)cc1. The lowest BCUT2D eigenvalue weighted by Gasteiger charge is -2.17. The fourth-order valence-corrected chi connectivity index (χ4v) is 3.86. The van der Waals surface area contributed by atoms with E-state index >= 15 is 0 Å². The van der Waals surface area contributed by atoms with Crippen molar-refractivity contribution in [3.05, 3.63) is 89.2 Å². The van der Waals surface area contributed by atoms with Crippen molar-refractivity contribution in [2.45, 2.75) is 39.1 Å². The minimum Gasteiger partial charge on any atom is -0.377 e. The van der Waals surface area contributed by atoms with E-state index in [-0.39, 0.29) is 17.9 Å². The second kappa shape index (κ2) is 10.4. The third kappa shape index (κ3) is 5.60. The Hall–Kier alpha value is -2.96. The number of nitrogens with zero attached hydrogens (tertiary/aromatic N) is 2. The molecule has 1 N–H and O–H groups in total. The second-order valence-electron chi connectivity index (χ2n) is 7.81. The minimum atomic E-state index is -0.252. The van der Waals surface area contributed by atoms with E-state index in [4.69, 9.17) is 9.47 Å². The number of amides is 1. The van der Waals surface area contributed by atoms with Crippen molar-refractivity contribution in [2.24, 2.45) is 5.92 Å². The van der Waals surface area contributed by atoms with Gasteiger partial charge in [-0.3, -0.25) is 9.48 Å². The standard InChI is InChI=1S/C25H29N3O3/c1-2-30-18-21-10-8-19(9-11-21)14-26-25(29)23-12-13-31-24(23)22-15-27-28(17-22)16-20-6-4-3-5-7-20/h3-11,15,17,23-24H,2,12-14,16,18H2,1H3,(H,26,29)/t23-,24+/m0/s1. The minimum absolute atomic E-state index is 0.0247. The van der Waals surface area contributed by atoms with E-state index < -0.39 is 0 Å². The molecule has 6 nitrogen and oxygen atoms in total. The molecule has 1 aliphatic heterocycles. The van der Waals surface area contributed by atoms with Gasteiger partial charge in [-0.15, -0.1) is 0 Å². The predicted octanol–water partition coefficient (Wildman–Crippen LogP) is 3.86. The Balaban J connectivity index is 1.33. The Bertz CT molecular complexity index is 969. The van der Waals surface area contributed by atoms with Gasteiger partial charge in [0.15, 0.2) is 0 Å². The molecular weight excluding hydrogens is 390 g/mol. The van der Waals surface area contributed by atoms with Crippen LogP contribution in [0.1, 0.15) is 41.7 Å². The van der Waals surface area contributed by atoms with Crippen molar-refractivity contribution >= 4 is 5.91 Å². The van der Waals surface area contributed by atoms with E-state index in [2.05, 4.69) is 22.5 Å². The maximum Gasteiger partial charge on any atom is 0.226 e. The Labute approximate surface area is 183 Å². The van der Waals surface area contributed by atoms with Crippen LogP contribution in [0.15, 0.2) is 67.0 Å². The molecule has 0 bridgehead atoms. The van der Waals surface area contributed by atoms with Crippen molar-refractivity contribution in [1.82, 2.24) is 15.1 Å². The lowest BCUT2D eigenvalue weighted by atomic mass is 9.96. The van der Waals surface area contributed by atoms with Gasteiger partial charge in [0.25, 0.3) is 0 Å². The Morgan fingerprint density at radius 1 is 1.13 bits per heavy atom. The molecule has 0 saturated carbocycles. The van der Waals surface area contributed by atoms with Gasteiger partial charge in [0, 0.05) is 31.5 Å². The summed E-state index contributed by atoms with van der Waals surface area (Å²) in [7, 11) is 0. The molecule has 4 rings (SSSR count). The summed E-state index contributed by atoms with van der Waals surface area (Å²) in [6.07, 6.45) is 4.27. The number of rotatable bonds is 9. The average molecular weight is 420 g/mol. The highest BCUT2D eigenvalue weighted by Gasteiger charge is 2.35. The third-order valence-electron chi connectivity index (χ3n) is 5.56. The zero-order valence-corrected chi connectivity index (χ0v) is 17.9. The fraction of sp³-hybridized carbons (Fsp3) is 0.360. The predicted molar refractivity (Wildman–Crippen MR) is 118 cm³/mol. The molecule has 0 radical (unpaired) electrons. The zero-order chi connectivity index (χ0) is 21.5. The first-order chi connectivity index (χ1) is 15.2. The van der Waals surface area contributed by atoms with Gasteiger partial charge in [-0.2, -0.15) is 5.10 Å². The van der Waals surface area contributed by atoms with E-state index in [1.807, 2.05) is 66.5 Å². The molecule has 2 atom stereocenters. The molecule has 6 heteroatoms. The van der Waals surface area contributed by atoms with E-state index in [0.717, 1.165) is 16.7 Å². The van der Waals surface area contributed by atoms with Crippen LogP contribution in [-0.2, 0) is 34.0 Å². The molecular formula is C25H29N3O3. The van der Waals surface area contributed by atoms with Crippen LogP contribution in [0.3, 0.4) is 0 Å². The summed E-state index contributed by atoms with van der Waals surface area (Å²) in [5, 5.41) is 7.54.